The number of hydrogen-bond donors (Lipinski definition) is 2. The van der Waals surface area contributed by atoms with Crippen LogP contribution in [0.15, 0.2) is 5.38 Å². The van der Waals surface area contributed by atoms with Crippen molar-refractivity contribution in [3.8, 4) is 0 Å². The highest BCUT2D eigenvalue weighted by atomic mass is 32.1. The van der Waals surface area contributed by atoms with E-state index in [-0.39, 0.29) is 11.6 Å². The lowest BCUT2D eigenvalue weighted by Gasteiger charge is -2.31. The highest BCUT2D eigenvalue weighted by molar-refractivity contribution is 7.50. The van der Waals surface area contributed by atoms with E-state index in [2.05, 4.69) is 11.9 Å². The van der Waals surface area contributed by atoms with Crippen LogP contribution in [0.1, 0.15) is 49.7 Å². The van der Waals surface area contributed by atoms with Crippen LogP contribution in [0.5, 0.6) is 0 Å². The maximum absolute atomic E-state index is 10.9. The van der Waals surface area contributed by atoms with Gasteiger partial charge in [0.2, 0.25) is 0 Å². The molecule has 0 amide bonds. The van der Waals surface area contributed by atoms with Crippen molar-refractivity contribution in [3.05, 3.63) is 16.1 Å². The molecule has 96 valence electrons. The Labute approximate surface area is 105 Å². The molecule has 17 heavy (non-hydrogen) atoms. The average Bonchev–Trinajstić information content (AvgIpc) is 2.65. The monoisotopic (exact) mass is 275 g/mol. The van der Waals surface area contributed by atoms with Crippen molar-refractivity contribution in [1.29, 1.82) is 0 Å². The van der Waals surface area contributed by atoms with Gasteiger partial charge in [-0.25, -0.2) is 4.98 Å². The second-order valence-corrected chi connectivity index (χ2v) is 7.59. The molecular weight excluding hydrogens is 257 g/mol. The molecule has 1 saturated carbocycles. The van der Waals surface area contributed by atoms with Gasteiger partial charge >= 0.3 is 7.60 Å². The molecule has 0 unspecified atom stereocenters. The average molecular weight is 275 g/mol. The van der Waals surface area contributed by atoms with Gasteiger partial charge in [0.05, 0.1) is 16.9 Å². The zero-order chi connectivity index (χ0) is 12.5. The third kappa shape index (κ3) is 3.38. The highest BCUT2D eigenvalue weighted by Gasteiger charge is 2.32. The van der Waals surface area contributed by atoms with Crippen LogP contribution in [0, 0.1) is 0 Å². The molecule has 1 heterocycles. The first-order valence-corrected chi connectivity index (χ1v) is 8.56. The fraction of sp³-hybridized carbons (Fsp3) is 0.727. The van der Waals surface area contributed by atoms with E-state index in [4.69, 9.17) is 9.79 Å². The molecule has 0 atom stereocenters. The summed E-state index contributed by atoms with van der Waals surface area (Å²) < 4.78 is 10.9. The van der Waals surface area contributed by atoms with Gasteiger partial charge in [-0.1, -0.05) is 26.2 Å². The predicted molar refractivity (Wildman–Crippen MR) is 68.3 cm³/mol. The van der Waals surface area contributed by atoms with Crippen molar-refractivity contribution in [1.82, 2.24) is 4.98 Å². The lowest BCUT2D eigenvalue weighted by molar-refractivity contribution is 0.318. The van der Waals surface area contributed by atoms with Crippen molar-refractivity contribution in [2.45, 2.75) is 50.6 Å². The largest absolute Gasteiger partial charge is 0.331 e. The summed E-state index contributed by atoms with van der Waals surface area (Å²) in [6, 6.07) is 0. The molecule has 0 bridgehead atoms. The molecular formula is C11H18NO3PS. The summed E-state index contributed by atoms with van der Waals surface area (Å²) in [5.41, 5.74) is 0.654. The predicted octanol–water partition coefficient (Wildman–Crippen LogP) is 3.04. The third-order valence-corrected chi connectivity index (χ3v) is 5.33. The van der Waals surface area contributed by atoms with Crippen LogP contribution in [-0.2, 0) is 16.1 Å². The van der Waals surface area contributed by atoms with Gasteiger partial charge in [0, 0.05) is 10.8 Å². The van der Waals surface area contributed by atoms with Crippen molar-refractivity contribution >= 4 is 18.9 Å². The minimum Gasteiger partial charge on any atom is -0.324 e. The minimum absolute atomic E-state index is 0.121. The topological polar surface area (TPSA) is 70.4 Å². The van der Waals surface area contributed by atoms with E-state index in [1.165, 1.54) is 19.3 Å². The lowest BCUT2D eigenvalue weighted by Crippen LogP contribution is -2.24. The first-order chi connectivity index (χ1) is 7.89. The van der Waals surface area contributed by atoms with Crippen LogP contribution < -0.4 is 0 Å². The standard InChI is InChI=1S/C11H18NO3PS/c1-11(5-3-2-4-6-11)10-12-9(8-17-10)7-16(13,14)15/h8H,2-7H2,1H3,(H2,13,14,15). The summed E-state index contributed by atoms with van der Waals surface area (Å²) in [6.45, 7) is 2.21. The molecule has 0 aromatic carbocycles. The molecule has 2 rings (SSSR count). The molecule has 1 aliphatic rings. The SMILES string of the molecule is CC1(c2nc(CP(=O)(O)O)cs2)CCCCC1. The first-order valence-electron chi connectivity index (χ1n) is 5.89. The van der Waals surface area contributed by atoms with Gasteiger partial charge in [-0.05, 0) is 12.8 Å². The van der Waals surface area contributed by atoms with Gasteiger partial charge in [-0.3, -0.25) is 4.57 Å². The number of rotatable bonds is 3. The smallest absolute Gasteiger partial charge is 0.324 e. The number of thiazole rings is 1. The zero-order valence-electron chi connectivity index (χ0n) is 9.93. The molecule has 4 nitrogen and oxygen atoms in total. The normalized spacial score (nSPS) is 20.4. The van der Waals surface area contributed by atoms with Gasteiger partial charge in [0.25, 0.3) is 0 Å². The van der Waals surface area contributed by atoms with Crippen LogP contribution in [0.25, 0.3) is 0 Å². The molecule has 0 spiro atoms. The van der Waals surface area contributed by atoms with Crippen LogP contribution >= 0.6 is 18.9 Å². The van der Waals surface area contributed by atoms with Gasteiger partial charge in [-0.15, -0.1) is 11.3 Å². The van der Waals surface area contributed by atoms with Crippen LogP contribution in [-0.4, -0.2) is 14.8 Å². The maximum Gasteiger partial charge on any atom is 0.331 e. The van der Waals surface area contributed by atoms with E-state index in [1.54, 1.807) is 16.7 Å². The third-order valence-electron chi connectivity index (χ3n) is 3.39. The van der Waals surface area contributed by atoms with Gasteiger partial charge in [-0.2, -0.15) is 0 Å². The quantitative estimate of drug-likeness (QED) is 0.832. The van der Waals surface area contributed by atoms with Crippen molar-refractivity contribution < 1.29 is 14.4 Å². The minimum atomic E-state index is -3.99. The molecule has 0 aliphatic heterocycles. The zero-order valence-corrected chi connectivity index (χ0v) is 11.6. The summed E-state index contributed by atoms with van der Waals surface area (Å²) in [4.78, 5) is 22.3. The first kappa shape index (κ1) is 13.2. The Morgan fingerprint density at radius 2 is 2.06 bits per heavy atom. The maximum atomic E-state index is 10.9. The summed E-state index contributed by atoms with van der Waals surface area (Å²) in [6.07, 6.45) is 5.77. The van der Waals surface area contributed by atoms with Gasteiger partial charge in [0.15, 0.2) is 0 Å². The van der Waals surface area contributed by atoms with E-state index in [1.807, 2.05) is 0 Å². The van der Waals surface area contributed by atoms with Crippen LogP contribution in [0.2, 0.25) is 0 Å². The Balaban J connectivity index is 2.14. The van der Waals surface area contributed by atoms with Crippen LogP contribution in [0.3, 0.4) is 0 Å². The molecule has 2 N–H and O–H groups in total. The Bertz CT molecular complexity index is 434. The second kappa shape index (κ2) is 4.81. The van der Waals surface area contributed by atoms with E-state index < -0.39 is 7.60 Å². The molecule has 1 aliphatic carbocycles. The van der Waals surface area contributed by atoms with Gasteiger partial charge < -0.3 is 9.79 Å². The lowest BCUT2D eigenvalue weighted by atomic mass is 9.76. The highest BCUT2D eigenvalue weighted by Crippen LogP contribution is 2.43. The fourth-order valence-corrected chi connectivity index (χ4v) is 4.16. The Kier molecular flexibility index (Phi) is 3.74. The summed E-state index contributed by atoms with van der Waals surface area (Å²) in [5, 5.41) is 2.83. The van der Waals surface area contributed by atoms with Crippen LogP contribution in [0.4, 0.5) is 0 Å². The molecule has 0 radical (unpaired) electrons. The number of nitrogens with zero attached hydrogens (tertiary/aromatic N) is 1. The summed E-state index contributed by atoms with van der Waals surface area (Å²) in [5.74, 6) is 0. The van der Waals surface area contributed by atoms with E-state index in [9.17, 15) is 4.57 Å². The molecule has 1 aromatic heterocycles. The Morgan fingerprint density at radius 3 is 2.65 bits per heavy atom. The second-order valence-electron chi connectivity index (χ2n) is 5.09. The van der Waals surface area contributed by atoms with Crippen molar-refractivity contribution in [3.63, 3.8) is 0 Å². The summed E-state index contributed by atoms with van der Waals surface area (Å²) in [7, 11) is -3.99. The number of hydrogen-bond acceptors (Lipinski definition) is 3. The van der Waals surface area contributed by atoms with Gasteiger partial charge in [0.1, 0.15) is 0 Å². The molecule has 0 saturated heterocycles. The van der Waals surface area contributed by atoms with Crippen molar-refractivity contribution in [2.75, 3.05) is 0 Å². The number of aromatic nitrogens is 1. The Hall–Kier alpha value is -0.220. The molecule has 1 fully saturated rings. The van der Waals surface area contributed by atoms with E-state index >= 15 is 0 Å². The fourth-order valence-electron chi connectivity index (χ4n) is 2.41. The Morgan fingerprint density at radius 1 is 1.41 bits per heavy atom. The van der Waals surface area contributed by atoms with E-state index in [0.29, 0.717) is 5.69 Å². The molecule has 6 heteroatoms. The summed E-state index contributed by atoms with van der Waals surface area (Å²) >= 11 is 1.54. The van der Waals surface area contributed by atoms with E-state index in [0.717, 1.165) is 17.8 Å². The van der Waals surface area contributed by atoms with Crippen molar-refractivity contribution in [2.24, 2.45) is 0 Å². The molecule has 1 aromatic rings.